The molecule has 1 aromatic carbocycles. The molecule has 0 bridgehead atoms. The lowest BCUT2D eigenvalue weighted by Gasteiger charge is -2.03. The monoisotopic (exact) mass is 242 g/mol. The van der Waals surface area contributed by atoms with Crippen molar-refractivity contribution >= 4 is 23.6 Å². The number of hydrogen-bond donors (Lipinski definition) is 0. The van der Waals surface area contributed by atoms with Crippen LogP contribution in [0.3, 0.4) is 0 Å². The normalized spacial score (nSPS) is 9.65. The first-order chi connectivity index (χ1) is 8.24. The second-order valence-corrected chi connectivity index (χ2v) is 3.81. The summed E-state index contributed by atoms with van der Waals surface area (Å²) in [5, 5.41) is 0.397. The Balaban J connectivity index is 2.50. The zero-order valence-corrected chi connectivity index (χ0v) is 9.48. The van der Waals surface area contributed by atoms with Crippen molar-refractivity contribution < 1.29 is 4.79 Å². The Bertz CT molecular complexity index is 617. The predicted molar refractivity (Wildman–Crippen MR) is 66.3 cm³/mol. The summed E-state index contributed by atoms with van der Waals surface area (Å²) in [6.07, 6.45) is 3.88. The third-order valence-corrected chi connectivity index (χ3v) is 2.60. The highest BCUT2D eigenvalue weighted by molar-refractivity contribution is 6.33. The van der Waals surface area contributed by atoms with E-state index < -0.39 is 0 Å². The summed E-state index contributed by atoms with van der Waals surface area (Å²) in [5.74, 6) is 0. The molecule has 0 saturated heterocycles. The van der Waals surface area contributed by atoms with Crippen LogP contribution in [0.5, 0.6) is 0 Å². The van der Waals surface area contributed by atoms with E-state index in [-0.39, 0.29) is 0 Å². The Morgan fingerprint density at radius 1 is 1.24 bits per heavy atom. The maximum Gasteiger partial charge on any atom is 0.205 e. The van der Waals surface area contributed by atoms with Gasteiger partial charge in [-0.15, -0.1) is 0 Å². The first-order valence-corrected chi connectivity index (χ1v) is 5.20. The van der Waals surface area contributed by atoms with E-state index in [0.717, 1.165) is 17.4 Å². The van der Waals surface area contributed by atoms with Crippen molar-refractivity contribution in [3.8, 4) is 11.1 Å². The van der Waals surface area contributed by atoms with Gasteiger partial charge in [0.15, 0.2) is 6.29 Å². The van der Waals surface area contributed by atoms with E-state index >= 15 is 0 Å². The number of benzene rings is 1. The fourth-order valence-corrected chi connectivity index (χ4v) is 1.68. The summed E-state index contributed by atoms with van der Waals surface area (Å²) in [5.41, 5.74) is 2.55. The number of aromatic nitrogens is 1. The molecule has 3 nitrogen and oxygen atoms in total. The lowest BCUT2D eigenvalue weighted by Crippen LogP contribution is -1.85. The van der Waals surface area contributed by atoms with E-state index in [9.17, 15) is 4.79 Å². The van der Waals surface area contributed by atoms with Gasteiger partial charge in [0.2, 0.25) is 5.69 Å². The number of halogens is 1. The molecular weight excluding hydrogens is 236 g/mol. The van der Waals surface area contributed by atoms with Crippen LogP contribution in [0.2, 0.25) is 5.02 Å². The average molecular weight is 243 g/mol. The molecule has 0 aliphatic carbocycles. The minimum Gasteiger partial charge on any atom is -0.298 e. The summed E-state index contributed by atoms with van der Waals surface area (Å²) in [7, 11) is 0. The van der Waals surface area contributed by atoms with Crippen molar-refractivity contribution in [2.24, 2.45) is 0 Å². The average Bonchev–Trinajstić information content (AvgIpc) is 2.38. The molecule has 1 aromatic heterocycles. The Morgan fingerprint density at radius 3 is 2.71 bits per heavy atom. The van der Waals surface area contributed by atoms with Crippen molar-refractivity contribution in [3.05, 3.63) is 58.7 Å². The molecule has 0 unspecified atom stereocenters. The van der Waals surface area contributed by atoms with Crippen LogP contribution in [0.15, 0.2) is 36.7 Å². The number of nitrogens with zero attached hydrogens (tertiary/aromatic N) is 2. The standard InChI is InChI=1S/C13H7ClN2O/c1-15-13-3-2-10(5-12(13)14)11-4-9(8-17)6-16-7-11/h2-8H. The van der Waals surface area contributed by atoms with E-state index in [0.29, 0.717) is 16.3 Å². The molecule has 0 atom stereocenters. The van der Waals surface area contributed by atoms with Gasteiger partial charge in [-0.25, -0.2) is 4.85 Å². The van der Waals surface area contributed by atoms with Gasteiger partial charge in [-0.05, 0) is 17.7 Å². The summed E-state index contributed by atoms with van der Waals surface area (Å²) >= 11 is 5.95. The quantitative estimate of drug-likeness (QED) is 0.594. The van der Waals surface area contributed by atoms with Crippen LogP contribution in [0, 0.1) is 6.57 Å². The number of carbonyl (C=O) groups excluding carboxylic acids is 1. The van der Waals surface area contributed by atoms with Gasteiger partial charge in [0.05, 0.1) is 6.57 Å². The maximum absolute atomic E-state index is 10.7. The molecule has 0 N–H and O–H groups in total. The SMILES string of the molecule is [C-]#[N+]c1ccc(-c2cncc(C=O)c2)cc1Cl. The highest BCUT2D eigenvalue weighted by Gasteiger charge is 2.04. The molecule has 2 aromatic rings. The van der Waals surface area contributed by atoms with Gasteiger partial charge in [0.25, 0.3) is 0 Å². The third kappa shape index (κ3) is 2.32. The zero-order valence-electron chi connectivity index (χ0n) is 8.72. The van der Waals surface area contributed by atoms with E-state index in [4.69, 9.17) is 18.2 Å². The summed E-state index contributed by atoms with van der Waals surface area (Å²) in [6, 6.07) is 6.85. The van der Waals surface area contributed by atoms with Crippen LogP contribution < -0.4 is 0 Å². The first kappa shape index (κ1) is 11.3. The Labute approximate surface area is 104 Å². The van der Waals surface area contributed by atoms with Crippen LogP contribution in [0.4, 0.5) is 5.69 Å². The second kappa shape index (κ2) is 4.77. The van der Waals surface area contributed by atoms with Crippen LogP contribution in [0.25, 0.3) is 16.0 Å². The predicted octanol–water partition coefficient (Wildman–Crippen LogP) is 3.77. The molecule has 0 aliphatic rings. The van der Waals surface area contributed by atoms with Gasteiger partial charge < -0.3 is 0 Å². The van der Waals surface area contributed by atoms with Gasteiger partial charge in [0, 0.05) is 28.5 Å². The lowest BCUT2D eigenvalue weighted by atomic mass is 10.1. The van der Waals surface area contributed by atoms with Crippen LogP contribution in [-0.2, 0) is 0 Å². The summed E-state index contributed by atoms with van der Waals surface area (Å²) in [4.78, 5) is 17.9. The number of rotatable bonds is 2. The highest BCUT2D eigenvalue weighted by Crippen LogP contribution is 2.30. The topological polar surface area (TPSA) is 34.3 Å². The van der Waals surface area contributed by atoms with Crippen LogP contribution in [-0.4, -0.2) is 11.3 Å². The van der Waals surface area contributed by atoms with E-state index in [2.05, 4.69) is 9.83 Å². The van der Waals surface area contributed by atoms with Gasteiger partial charge >= 0.3 is 0 Å². The molecule has 0 radical (unpaired) electrons. The smallest absolute Gasteiger partial charge is 0.205 e. The van der Waals surface area contributed by atoms with Gasteiger partial charge in [-0.1, -0.05) is 23.7 Å². The molecule has 0 spiro atoms. The Hall–Kier alpha value is -2.18. The largest absolute Gasteiger partial charge is 0.298 e. The summed E-state index contributed by atoms with van der Waals surface area (Å²) < 4.78 is 0. The number of pyridine rings is 1. The number of aldehydes is 1. The Kier molecular flexibility index (Phi) is 3.17. The first-order valence-electron chi connectivity index (χ1n) is 4.82. The molecule has 4 heteroatoms. The minimum absolute atomic E-state index is 0.397. The van der Waals surface area contributed by atoms with Crippen molar-refractivity contribution in [1.29, 1.82) is 0 Å². The number of hydrogen-bond acceptors (Lipinski definition) is 2. The number of carbonyl (C=O) groups is 1. The molecule has 0 aliphatic heterocycles. The van der Waals surface area contributed by atoms with E-state index in [1.165, 1.54) is 6.20 Å². The van der Waals surface area contributed by atoms with Gasteiger partial charge in [-0.3, -0.25) is 9.78 Å². The van der Waals surface area contributed by atoms with Crippen molar-refractivity contribution in [2.45, 2.75) is 0 Å². The lowest BCUT2D eigenvalue weighted by molar-refractivity contribution is 0.112. The second-order valence-electron chi connectivity index (χ2n) is 3.40. The van der Waals surface area contributed by atoms with Gasteiger partial charge in [-0.2, -0.15) is 0 Å². The zero-order chi connectivity index (χ0) is 12.3. The summed E-state index contributed by atoms with van der Waals surface area (Å²) in [6.45, 7) is 6.91. The molecule has 0 fully saturated rings. The minimum atomic E-state index is 0.397. The molecule has 2 rings (SSSR count). The highest BCUT2D eigenvalue weighted by atomic mass is 35.5. The van der Waals surface area contributed by atoms with Crippen LogP contribution >= 0.6 is 11.6 Å². The van der Waals surface area contributed by atoms with Crippen molar-refractivity contribution in [2.75, 3.05) is 0 Å². The molecular formula is C13H7ClN2O. The van der Waals surface area contributed by atoms with Gasteiger partial charge in [0.1, 0.15) is 0 Å². The van der Waals surface area contributed by atoms with E-state index in [1.54, 1.807) is 30.5 Å². The van der Waals surface area contributed by atoms with E-state index in [1.807, 2.05) is 0 Å². The molecule has 0 amide bonds. The fraction of sp³-hybridized carbons (Fsp3) is 0. The maximum atomic E-state index is 10.7. The third-order valence-electron chi connectivity index (χ3n) is 2.30. The molecule has 1 heterocycles. The van der Waals surface area contributed by atoms with Crippen molar-refractivity contribution in [1.82, 2.24) is 4.98 Å². The van der Waals surface area contributed by atoms with Crippen LogP contribution in [0.1, 0.15) is 10.4 Å². The Morgan fingerprint density at radius 2 is 2.06 bits per heavy atom. The molecule has 82 valence electrons. The molecule has 0 saturated carbocycles. The molecule has 17 heavy (non-hydrogen) atoms. The van der Waals surface area contributed by atoms with Crippen molar-refractivity contribution in [3.63, 3.8) is 0 Å². The fourth-order valence-electron chi connectivity index (χ4n) is 1.46.